The summed E-state index contributed by atoms with van der Waals surface area (Å²) in [6, 6.07) is 3.86. The standard InChI is InChI=1S/C12H17NOS/c1-10-4-2-6-13(8-10)9-11(14)12-5-3-7-15-12/h3,5,7,10H,2,4,6,8-9H2,1H3. The molecule has 0 amide bonds. The van der Waals surface area contributed by atoms with Crippen molar-refractivity contribution in [1.29, 1.82) is 0 Å². The predicted octanol–water partition coefficient (Wildman–Crippen LogP) is 2.66. The molecule has 1 aliphatic heterocycles. The van der Waals surface area contributed by atoms with Crippen molar-refractivity contribution in [3.05, 3.63) is 22.4 Å². The van der Waals surface area contributed by atoms with Crippen LogP contribution >= 0.6 is 11.3 Å². The summed E-state index contributed by atoms with van der Waals surface area (Å²) in [4.78, 5) is 15.0. The first-order valence-corrected chi connectivity index (χ1v) is 6.43. The Morgan fingerprint density at radius 1 is 1.67 bits per heavy atom. The molecule has 1 saturated heterocycles. The molecule has 0 saturated carbocycles. The maximum Gasteiger partial charge on any atom is 0.186 e. The summed E-state index contributed by atoms with van der Waals surface area (Å²) in [5.74, 6) is 1.02. The maximum absolute atomic E-state index is 11.8. The van der Waals surface area contributed by atoms with Gasteiger partial charge in [0.15, 0.2) is 5.78 Å². The Bertz CT molecular complexity index is 320. The van der Waals surface area contributed by atoms with Gasteiger partial charge in [0.2, 0.25) is 0 Å². The summed E-state index contributed by atoms with van der Waals surface area (Å²) < 4.78 is 0. The van der Waals surface area contributed by atoms with Gasteiger partial charge in [-0.25, -0.2) is 0 Å². The van der Waals surface area contributed by atoms with E-state index in [-0.39, 0.29) is 5.78 Å². The van der Waals surface area contributed by atoms with Gasteiger partial charge in [0.25, 0.3) is 0 Å². The van der Waals surface area contributed by atoms with Gasteiger partial charge in [0.05, 0.1) is 11.4 Å². The Balaban J connectivity index is 1.89. The highest BCUT2D eigenvalue weighted by Gasteiger charge is 2.19. The molecule has 2 rings (SSSR count). The zero-order chi connectivity index (χ0) is 10.7. The van der Waals surface area contributed by atoms with Gasteiger partial charge in [-0.3, -0.25) is 9.69 Å². The lowest BCUT2D eigenvalue weighted by Crippen LogP contribution is -2.37. The Hall–Kier alpha value is -0.670. The van der Waals surface area contributed by atoms with E-state index in [1.165, 1.54) is 12.8 Å². The number of hydrogen-bond donors (Lipinski definition) is 0. The third-order valence-electron chi connectivity index (χ3n) is 2.90. The molecule has 15 heavy (non-hydrogen) atoms. The molecule has 2 nitrogen and oxygen atoms in total. The molecule has 0 aromatic carbocycles. The van der Waals surface area contributed by atoms with Crippen molar-refractivity contribution in [2.75, 3.05) is 19.6 Å². The minimum Gasteiger partial charge on any atom is -0.296 e. The van der Waals surface area contributed by atoms with Crippen molar-refractivity contribution in [1.82, 2.24) is 4.90 Å². The Labute approximate surface area is 94.9 Å². The highest BCUT2D eigenvalue weighted by molar-refractivity contribution is 7.12. The zero-order valence-corrected chi connectivity index (χ0v) is 9.93. The highest BCUT2D eigenvalue weighted by atomic mass is 32.1. The third kappa shape index (κ3) is 2.89. The lowest BCUT2D eigenvalue weighted by atomic mass is 10.0. The van der Waals surface area contributed by atoms with Gasteiger partial charge in [0, 0.05) is 6.54 Å². The van der Waals surface area contributed by atoms with Crippen LogP contribution in [-0.4, -0.2) is 30.3 Å². The van der Waals surface area contributed by atoms with Gasteiger partial charge in [-0.1, -0.05) is 13.0 Å². The fourth-order valence-corrected chi connectivity index (χ4v) is 2.81. The molecule has 0 bridgehead atoms. The molecular weight excluding hydrogens is 206 g/mol. The number of hydrogen-bond acceptors (Lipinski definition) is 3. The van der Waals surface area contributed by atoms with E-state index >= 15 is 0 Å². The quantitative estimate of drug-likeness (QED) is 0.734. The van der Waals surface area contributed by atoms with Crippen molar-refractivity contribution in [2.24, 2.45) is 5.92 Å². The smallest absolute Gasteiger partial charge is 0.186 e. The number of likely N-dealkylation sites (tertiary alicyclic amines) is 1. The molecule has 1 fully saturated rings. The van der Waals surface area contributed by atoms with Crippen LogP contribution < -0.4 is 0 Å². The van der Waals surface area contributed by atoms with Crippen molar-refractivity contribution >= 4 is 17.1 Å². The first-order valence-electron chi connectivity index (χ1n) is 5.55. The van der Waals surface area contributed by atoms with Crippen LogP contribution in [0.5, 0.6) is 0 Å². The summed E-state index contributed by atoms with van der Waals surface area (Å²) >= 11 is 1.54. The fraction of sp³-hybridized carbons (Fsp3) is 0.583. The van der Waals surface area contributed by atoms with E-state index in [4.69, 9.17) is 0 Å². The first kappa shape index (κ1) is 10.8. The summed E-state index contributed by atoms with van der Waals surface area (Å²) in [6.07, 6.45) is 2.54. The Morgan fingerprint density at radius 3 is 3.20 bits per heavy atom. The third-order valence-corrected chi connectivity index (χ3v) is 3.82. The highest BCUT2D eigenvalue weighted by Crippen LogP contribution is 2.17. The van der Waals surface area contributed by atoms with Crippen molar-refractivity contribution in [2.45, 2.75) is 19.8 Å². The molecule has 3 heteroatoms. The van der Waals surface area contributed by atoms with Crippen molar-refractivity contribution < 1.29 is 4.79 Å². The molecule has 0 spiro atoms. The van der Waals surface area contributed by atoms with Crippen molar-refractivity contribution in [3.63, 3.8) is 0 Å². The normalized spacial score (nSPS) is 22.9. The number of piperidine rings is 1. The van der Waals surface area contributed by atoms with E-state index in [1.807, 2.05) is 17.5 Å². The van der Waals surface area contributed by atoms with Crippen LogP contribution in [0.25, 0.3) is 0 Å². The molecule has 0 aliphatic carbocycles. The van der Waals surface area contributed by atoms with Crippen LogP contribution in [0.3, 0.4) is 0 Å². The van der Waals surface area contributed by atoms with Gasteiger partial charge < -0.3 is 0 Å². The van der Waals surface area contributed by atoms with Crippen LogP contribution in [0, 0.1) is 5.92 Å². The number of Topliss-reactive ketones (excluding diaryl/α,β-unsaturated/α-hetero) is 1. The molecule has 2 heterocycles. The second-order valence-electron chi connectivity index (χ2n) is 4.38. The largest absolute Gasteiger partial charge is 0.296 e. The lowest BCUT2D eigenvalue weighted by molar-refractivity contribution is 0.0897. The van der Waals surface area contributed by atoms with Crippen LogP contribution in [0.15, 0.2) is 17.5 Å². The minimum atomic E-state index is 0.277. The maximum atomic E-state index is 11.8. The Morgan fingerprint density at radius 2 is 2.53 bits per heavy atom. The van der Waals surface area contributed by atoms with Crippen LogP contribution in [0.2, 0.25) is 0 Å². The van der Waals surface area contributed by atoms with Gasteiger partial charge >= 0.3 is 0 Å². The van der Waals surface area contributed by atoms with E-state index in [0.717, 1.165) is 23.9 Å². The van der Waals surface area contributed by atoms with Crippen LogP contribution in [-0.2, 0) is 0 Å². The number of rotatable bonds is 3. The molecule has 1 unspecified atom stereocenters. The van der Waals surface area contributed by atoms with Crippen LogP contribution in [0.4, 0.5) is 0 Å². The van der Waals surface area contributed by atoms with Crippen molar-refractivity contribution in [3.8, 4) is 0 Å². The number of ketones is 1. The topological polar surface area (TPSA) is 20.3 Å². The first-order chi connectivity index (χ1) is 7.25. The molecule has 1 aromatic rings. The molecule has 1 atom stereocenters. The monoisotopic (exact) mass is 223 g/mol. The van der Waals surface area contributed by atoms with Gasteiger partial charge in [-0.15, -0.1) is 11.3 Å². The molecule has 1 aromatic heterocycles. The second kappa shape index (κ2) is 4.90. The molecule has 0 radical (unpaired) electrons. The molecule has 1 aliphatic rings. The SMILES string of the molecule is CC1CCCN(CC(=O)c2cccs2)C1. The summed E-state index contributed by atoms with van der Waals surface area (Å²) in [5, 5.41) is 1.96. The second-order valence-corrected chi connectivity index (χ2v) is 5.33. The molecule has 0 N–H and O–H groups in total. The van der Waals surface area contributed by atoms with E-state index in [2.05, 4.69) is 11.8 Å². The minimum absolute atomic E-state index is 0.277. The predicted molar refractivity (Wildman–Crippen MR) is 63.5 cm³/mol. The summed E-state index contributed by atoms with van der Waals surface area (Å²) in [6.45, 7) is 5.03. The average Bonchev–Trinajstić information content (AvgIpc) is 2.70. The molecule has 82 valence electrons. The number of carbonyl (C=O) groups is 1. The zero-order valence-electron chi connectivity index (χ0n) is 9.11. The van der Waals surface area contributed by atoms with Gasteiger partial charge in [0.1, 0.15) is 0 Å². The number of carbonyl (C=O) groups excluding carboxylic acids is 1. The summed E-state index contributed by atoms with van der Waals surface area (Å²) in [7, 11) is 0. The Kier molecular flexibility index (Phi) is 3.54. The van der Waals surface area contributed by atoms with E-state index < -0.39 is 0 Å². The number of thiophene rings is 1. The molecular formula is C12H17NOS. The summed E-state index contributed by atoms with van der Waals surface area (Å²) in [5.41, 5.74) is 0. The van der Waals surface area contributed by atoms with Crippen LogP contribution in [0.1, 0.15) is 29.4 Å². The van der Waals surface area contributed by atoms with Gasteiger partial charge in [-0.05, 0) is 36.8 Å². The average molecular weight is 223 g/mol. The fourth-order valence-electron chi connectivity index (χ4n) is 2.15. The van der Waals surface area contributed by atoms with E-state index in [0.29, 0.717) is 6.54 Å². The van der Waals surface area contributed by atoms with Gasteiger partial charge in [-0.2, -0.15) is 0 Å². The number of nitrogens with zero attached hydrogens (tertiary/aromatic N) is 1. The lowest BCUT2D eigenvalue weighted by Gasteiger charge is -2.29. The van der Waals surface area contributed by atoms with E-state index in [9.17, 15) is 4.79 Å². The van der Waals surface area contributed by atoms with E-state index in [1.54, 1.807) is 11.3 Å².